The second-order valence-corrected chi connectivity index (χ2v) is 8.67. The molecular formula is C26H26ClN5O4. The Hall–Kier alpha value is -3.79. The molecule has 0 saturated heterocycles. The van der Waals surface area contributed by atoms with E-state index in [-0.39, 0.29) is 19.1 Å². The van der Waals surface area contributed by atoms with Crippen molar-refractivity contribution in [2.24, 2.45) is 0 Å². The number of hydrogen-bond donors (Lipinski definition) is 3. The average molecular weight is 508 g/mol. The first kappa shape index (κ1) is 25.3. The third-order valence-electron chi connectivity index (χ3n) is 5.84. The number of aromatic nitrogens is 4. The van der Waals surface area contributed by atoms with Crippen LogP contribution >= 0.6 is 11.6 Å². The minimum absolute atomic E-state index is 0.233. The van der Waals surface area contributed by atoms with Crippen molar-refractivity contribution in [1.29, 1.82) is 0 Å². The summed E-state index contributed by atoms with van der Waals surface area (Å²) in [5.74, 6) is 0.233. The lowest BCUT2D eigenvalue weighted by atomic mass is 10.0. The lowest BCUT2D eigenvalue weighted by Gasteiger charge is -2.30. The fourth-order valence-electron chi connectivity index (χ4n) is 3.94. The van der Waals surface area contributed by atoms with Gasteiger partial charge in [0.25, 0.3) is 5.95 Å². The van der Waals surface area contributed by atoms with Crippen LogP contribution in [0.15, 0.2) is 79.1 Å². The van der Waals surface area contributed by atoms with Crippen LogP contribution in [0, 0.1) is 0 Å². The summed E-state index contributed by atoms with van der Waals surface area (Å²) in [5.41, 5.74) is 2.65. The van der Waals surface area contributed by atoms with Crippen molar-refractivity contribution in [2.75, 3.05) is 13.2 Å². The maximum absolute atomic E-state index is 12.1. The van der Waals surface area contributed by atoms with E-state index in [1.807, 2.05) is 30.3 Å². The first-order valence-corrected chi connectivity index (χ1v) is 11.8. The second-order valence-electron chi connectivity index (χ2n) is 8.23. The predicted molar refractivity (Wildman–Crippen MR) is 135 cm³/mol. The van der Waals surface area contributed by atoms with Gasteiger partial charge in [0.2, 0.25) is 0 Å². The molecule has 2 aromatic heterocycles. The van der Waals surface area contributed by atoms with Crippen LogP contribution in [0.25, 0.3) is 17.2 Å². The standard InChI is InChI=1S/C26H26ClN5O4/c27-20-10-8-19(9-11-20)22-15-23(32(30-22)25-28-13-4-14-29-25)24(34)16-31(26(35)36)21(17-33)12-7-18-5-2-1-3-6-18/h1-6,8-11,13-15,21,24,33-34H,7,12,16-17H2,(H,35,36). The van der Waals surface area contributed by atoms with Crippen molar-refractivity contribution in [2.45, 2.75) is 25.0 Å². The minimum Gasteiger partial charge on any atom is -0.465 e. The van der Waals surface area contributed by atoms with Gasteiger partial charge >= 0.3 is 6.09 Å². The number of carboxylic acid groups (broad SMARTS) is 1. The molecule has 2 atom stereocenters. The molecular weight excluding hydrogens is 482 g/mol. The number of carbonyl (C=O) groups is 1. The summed E-state index contributed by atoms with van der Waals surface area (Å²) in [7, 11) is 0. The topological polar surface area (TPSA) is 125 Å². The van der Waals surface area contributed by atoms with Gasteiger partial charge in [-0.05, 0) is 42.7 Å². The van der Waals surface area contributed by atoms with Crippen molar-refractivity contribution in [1.82, 2.24) is 24.6 Å². The van der Waals surface area contributed by atoms with Crippen molar-refractivity contribution in [3.05, 3.63) is 95.4 Å². The molecule has 1 amide bonds. The van der Waals surface area contributed by atoms with Gasteiger partial charge in [0.05, 0.1) is 30.6 Å². The Morgan fingerprint density at radius 3 is 2.36 bits per heavy atom. The molecule has 4 aromatic rings. The van der Waals surface area contributed by atoms with Gasteiger partial charge in [0.1, 0.15) is 6.10 Å². The summed E-state index contributed by atoms with van der Waals surface area (Å²) in [6.45, 7) is -0.642. The van der Waals surface area contributed by atoms with Gasteiger partial charge in [-0.25, -0.2) is 14.8 Å². The number of benzene rings is 2. The van der Waals surface area contributed by atoms with Crippen LogP contribution in [0.3, 0.4) is 0 Å². The van der Waals surface area contributed by atoms with E-state index in [2.05, 4.69) is 15.1 Å². The third-order valence-corrected chi connectivity index (χ3v) is 6.09. The summed E-state index contributed by atoms with van der Waals surface area (Å²) < 4.78 is 1.40. The van der Waals surface area contributed by atoms with E-state index in [0.29, 0.717) is 29.3 Å². The summed E-state index contributed by atoms with van der Waals surface area (Å²) in [4.78, 5) is 21.7. The van der Waals surface area contributed by atoms with Crippen LogP contribution in [0.2, 0.25) is 5.02 Å². The van der Waals surface area contributed by atoms with Gasteiger partial charge < -0.3 is 20.2 Å². The number of aryl methyl sites for hydroxylation is 1. The monoisotopic (exact) mass is 507 g/mol. The molecule has 0 radical (unpaired) electrons. The van der Waals surface area contributed by atoms with Crippen LogP contribution in [0.4, 0.5) is 4.79 Å². The van der Waals surface area contributed by atoms with Crippen LogP contribution < -0.4 is 0 Å². The second kappa shape index (κ2) is 11.8. The van der Waals surface area contributed by atoms with Gasteiger partial charge in [-0.3, -0.25) is 0 Å². The Balaban J connectivity index is 1.61. The fraction of sp³-hybridized carbons (Fsp3) is 0.231. The predicted octanol–water partition coefficient (Wildman–Crippen LogP) is 3.99. The van der Waals surface area contributed by atoms with Crippen LogP contribution in [-0.4, -0.2) is 65.3 Å². The maximum Gasteiger partial charge on any atom is 0.407 e. The molecule has 2 aromatic carbocycles. The molecule has 0 bridgehead atoms. The van der Waals surface area contributed by atoms with E-state index in [9.17, 15) is 20.1 Å². The first-order chi connectivity index (χ1) is 17.5. The van der Waals surface area contributed by atoms with E-state index in [4.69, 9.17) is 11.6 Å². The van der Waals surface area contributed by atoms with E-state index < -0.39 is 18.2 Å². The average Bonchev–Trinajstić information content (AvgIpc) is 3.35. The largest absolute Gasteiger partial charge is 0.465 e. The molecule has 9 nitrogen and oxygen atoms in total. The van der Waals surface area contributed by atoms with Crippen LogP contribution in [0.1, 0.15) is 23.8 Å². The number of halogens is 1. The number of amides is 1. The molecule has 0 spiro atoms. The molecule has 4 rings (SSSR count). The Morgan fingerprint density at radius 1 is 1.03 bits per heavy atom. The maximum atomic E-state index is 12.1. The lowest BCUT2D eigenvalue weighted by Crippen LogP contribution is -2.44. The number of nitrogens with zero attached hydrogens (tertiary/aromatic N) is 5. The first-order valence-electron chi connectivity index (χ1n) is 11.4. The minimum atomic E-state index is -1.26. The molecule has 0 saturated carbocycles. The normalized spacial score (nSPS) is 12.8. The molecule has 0 aliphatic rings. The zero-order valence-corrected chi connectivity index (χ0v) is 20.1. The smallest absolute Gasteiger partial charge is 0.407 e. The van der Waals surface area contributed by atoms with E-state index in [0.717, 1.165) is 16.0 Å². The summed E-state index contributed by atoms with van der Waals surface area (Å²) in [6.07, 6.45) is 1.60. The Kier molecular flexibility index (Phi) is 8.27. The molecule has 0 fully saturated rings. The highest BCUT2D eigenvalue weighted by Gasteiger charge is 2.28. The van der Waals surface area contributed by atoms with Gasteiger partial charge in [0.15, 0.2) is 0 Å². The van der Waals surface area contributed by atoms with Crippen molar-refractivity contribution >= 4 is 17.7 Å². The SMILES string of the molecule is O=C(O)N(CC(O)c1cc(-c2ccc(Cl)cc2)nn1-c1ncccn1)C(CO)CCc1ccccc1. The number of aliphatic hydroxyl groups excluding tert-OH is 2. The quantitative estimate of drug-likeness (QED) is 0.296. The number of hydrogen-bond acceptors (Lipinski definition) is 6. The van der Waals surface area contributed by atoms with Gasteiger partial charge in [-0.1, -0.05) is 54.1 Å². The molecule has 2 heterocycles. The Bertz CT molecular complexity index is 1270. The zero-order chi connectivity index (χ0) is 25.5. The summed E-state index contributed by atoms with van der Waals surface area (Å²) in [6, 6.07) is 19.3. The van der Waals surface area contributed by atoms with Crippen molar-refractivity contribution in [3.8, 4) is 17.2 Å². The molecule has 0 aliphatic heterocycles. The van der Waals surface area contributed by atoms with Crippen molar-refractivity contribution in [3.63, 3.8) is 0 Å². The summed E-state index contributed by atoms with van der Waals surface area (Å²) in [5, 5.41) is 36.2. The van der Waals surface area contributed by atoms with Gasteiger partial charge in [-0.15, -0.1) is 0 Å². The molecule has 10 heteroatoms. The number of aliphatic hydroxyl groups is 2. The highest BCUT2D eigenvalue weighted by atomic mass is 35.5. The number of rotatable bonds is 10. The zero-order valence-electron chi connectivity index (χ0n) is 19.4. The van der Waals surface area contributed by atoms with E-state index in [1.165, 1.54) is 4.68 Å². The van der Waals surface area contributed by atoms with Crippen molar-refractivity contribution < 1.29 is 20.1 Å². The summed E-state index contributed by atoms with van der Waals surface area (Å²) >= 11 is 6.01. The molecule has 0 aliphatic carbocycles. The Labute approximate surface area is 213 Å². The molecule has 186 valence electrons. The van der Waals surface area contributed by atoms with Gasteiger partial charge in [-0.2, -0.15) is 9.78 Å². The highest BCUT2D eigenvalue weighted by molar-refractivity contribution is 6.30. The molecule has 3 N–H and O–H groups in total. The third kappa shape index (κ3) is 6.06. The fourth-order valence-corrected chi connectivity index (χ4v) is 4.07. The Morgan fingerprint density at radius 2 is 1.72 bits per heavy atom. The molecule has 2 unspecified atom stereocenters. The lowest BCUT2D eigenvalue weighted by molar-refractivity contribution is 0.0534. The van der Waals surface area contributed by atoms with E-state index in [1.54, 1.807) is 48.8 Å². The van der Waals surface area contributed by atoms with Crippen LogP contribution in [0.5, 0.6) is 0 Å². The van der Waals surface area contributed by atoms with Gasteiger partial charge in [0, 0.05) is 23.0 Å². The molecule has 36 heavy (non-hydrogen) atoms. The van der Waals surface area contributed by atoms with Crippen LogP contribution in [-0.2, 0) is 6.42 Å². The highest BCUT2D eigenvalue weighted by Crippen LogP contribution is 2.27. The van der Waals surface area contributed by atoms with E-state index >= 15 is 0 Å².